The first kappa shape index (κ1) is 26.4. The number of anilines is 1. The van der Waals surface area contributed by atoms with Crippen molar-refractivity contribution in [2.45, 2.75) is 83.7 Å². The number of benzene rings is 1. The van der Waals surface area contributed by atoms with E-state index in [-0.39, 0.29) is 10.8 Å². The molecule has 1 N–H and O–H groups in total. The average Bonchev–Trinajstić information content (AvgIpc) is 3.16. The van der Waals surface area contributed by atoms with Crippen LogP contribution in [0.3, 0.4) is 0 Å². The van der Waals surface area contributed by atoms with Crippen molar-refractivity contribution in [3.8, 4) is 5.75 Å². The standard InChI is InChI=1S/C31H47N5O/c1-8-9-27(35(7)29-32-21(2)18-22(3)33-29)25-12-13-30(4)28-19-23-10-11-24(37)20-26(23)31(25,30)14-15-36(28)17-16-34(5)6/h10-11,18,20,25,27-28,37H,8-9,12-17,19H2,1-7H3. The highest BCUT2D eigenvalue weighted by atomic mass is 16.3. The third-order valence-electron chi connectivity index (χ3n) is 10.3. The van der Waals surface area contributed by atoms with E-state index in [0.717, 1.165) is 62.7 Å². The lowest BCUT2D eigenvalue weighted by Crippen LogP contribution is -2.67. The molecular formula is C31H47N5O. The van der Waals surface area contributed by atoms with Crippen LogP contribution in [0.15, 0.2) is 24.3 Å². The minimum atomic E-state index is 0.0472. The maximum absolute atomic E-state index is 10.7. The summed E-state index contributed by atoms with van der Waals surface area (Å²) in [7, 11) is 6.58. The van der Waals surface area contributed by atoms with Crippen molar-refractivity contribution < 1.29 is 5.11 Å². The van der Waals surface area contributed by atoms with E-state index >= 15 is 0 Å². The van der Waals surface area contributed by atoms with Gasteiger partial charge in [0.05, 0.1) is 0 Å². The number of fused-ring (bicyclic) bond motifs is 1. The average molecular weight is 506 g/mol. The monoisotopic (exact) mass is 505 g/mol. The zero-order chi connectivity index (χ0) is 26.5. The number of nitrogens with zero attached hydrogens (tertiary/aromatic N) is 5. The summed E-state index contributed by atoms with van der Waals surface area (Å²) in [5, 5.41) is 10.7. The third-order valence-corrected chi connectivity index (χ3v) is 10.3. The predicted octanol–water partition coefficient (Wildman–Crippen LogP) is 4.95. The van der Waals surface area contributed by atoms with E-state index in [1.807, 2.05) is 6.07 Å². The lowest BCUT2D eigenvalue weighted by Gasteiger charge is -2.63. The summed E-state index contributed by atoms with van der Waals surface area (Å²) in [6.07, 6.45) is 6.94. The molecule has 1 aromatic heterocycles. The molecule has 1 aromatic carbocycles. The zero-order valence-electron chi connectivity index (χ0n) is 24.1. The quantitative estimate of drug-likeness (QED) is 0.548. The van der Waals surface area contributed by atoms with Gasteiger partial charge in [0.1, 0.15) is 5.75 Å². The van der Waals surface area contributed by atoms with Crippen molar-refractivity contribution in [1.82, 2.24) is 19.8 Å². The molecule has 0 amide bonds. The fourth-order valence-electron chi connectivity index (χ4n) is 8.62. The molecule has 6 nitrogen and oxygen atoms in total. The number of rotatable bonds is 8. The van der Waals surface area contributed by atoms with Crippen LogP contribution in [0.5, 0.6) is 5.75 Å². The van der Waals surface area contributed by atoms with E-state index in [2.05, 4.69) is 81.7 Å². The van der Waals surface area contributed by atoms with Crippen molar-refractivity contribution in [1.29, 1.82) is 0 Å². The molecule has 2 fully saturated rings. The van der Waals surface area contributed by atoms with Crippen LogP contribution in [0.1, 0.15) is 68.5 Å². The Morgan fingerprint density at radius 2 is 1.84 bits per heavy atom. The highest BCUT2D eigenvalue weighted by Gasteiger charge is 2.67. The van der Waals surface area contributed by atoms with Gasteiger partial charge in [0, 0.05) is 49.0 Å². The number of likely N-dealkylation sites (N-methyl/N-ethyl adjacent to an activating group) is 1. The topological polar surface area (TPSA) is 55.7 Å². The number of aromatic hydroxyl groups is 1. The second-order valence-corrected chi connectivity index (χ2v) is 12.6. The Kier molecular flexibility index (Phi) is 7.03. The molecule has 5 rings (SSSR count). The molecule has 2 bridgehead atoms. The number of aryl methyl sites for hydroxylation is 2. The van der Waals surface area contributed by atoms with Crippen LogP contribution in [-0.2, 0) is 11.8 Å². The number of phenols is 1. The van der Waals surface area contributed by atoms with E-state index < -0.39 is 0 Å². The first-order chi connectivity index (χ1) is 17.6. The summed E-state index contributed by atoms with van der Waals surface area (Å²) in [6.45, 7) is 12.4. The van der Waals surface area contributed by atoms with Gasteiger partial charge in [-0.2, -0.15) is 0 Å². The Morgan fingerprint density at radius 3 is 2.51 bits per heavy atom. The molecule has 0 radical (unpaired) electrons. The molecule has 202 valence electrons. The lowest BCUT2D eigenvalue weighted by atomic mass is 9.48. The van der Waals surface area contributed by atoms with Gasteiger partial charge in [-0.15, -0.1) is 0 Å². The van der Waals surface area contributed by atoms with E-state index in [1.165, 1.54) is 24.0 Å². The van der Waals surface area contributed by atoms with Crippen LogP contribution in [-0.4, -0.2) is 77.7 Å². The fourth-order valence-corrected chi connectivity index (χ4v) is 8.62. The largest absolute Gasteiger partial charge is 0.508 e. The van der Waals surface area contributed by atoms with Crippen LogP contribution in [0, 0.1) is 25.2 Å². The zero-order valence-corrected chi connectivity index (χ0v) is 24.1. The van der Waals surface area contributed by atoms with Gasteiger partial charge < -0.3 is 14.9 Å². The van der Waals surface area contributed by atoms with Crippen molar-refractivity contribution in [3.63, 3.8) is 0 Å². The molecule has 2 aromatic rings. The molecule has 5 atom stereocenters. The molecule has 3 aliphatic rings. The smallest absolute Gasteiger partial charge is 0.225 e. The Hall–Kier alpha value is -2.18. The van der Waals surface area contributed by atoms with Crippen molar-refractivity contribution in [2.24, 2.45) is 11.3 Å². The SMILES string of the molecule is CCCC(C1CCC2(C)C3Cc4ccc(O)cc4C12CCN3CCN(C)C)N(C)c1nc(C)cc(C)n1. The normalized spacial score (nSPS) is 29.7. The number of hydrogen-bond acceptors (Lipinski definition) is 6. The highest BCUT2D eigenvalue weighted by Crippen LogP contribution is 2.68. The maximum Gasteiger partial charge on any atom is 0.225 e. The van der Waals surface area contributed by atoms with Gasteiger partial charge in [0.15, 0.2) is 0 Å². The molecule has 1 aliphatic heterocycles. The Labute approximate surface area is 224 Å². The molecule has 0 spiro atoms. The van der Waals surface area contributed by atoms with Crippen molar-refractivity contribution in [3.05, 3.63) is 46.8 Å². The summed E-state index contributed by atoms with van der Waals surface area (Å²) < 4.78 is 0. The summed E-state index contributed by atoms with van der Waals surface area (Å²) in [4.78, 5) is 17.3. The molecule has 5 unspecified atom stereocenters. The number of phenolic OH excluding ortho intramolecular Hbond substituents is 1. The minimum Gasteiger partial charge on any atom is -0.508 e. The molecule has 2 aliphatic carbocycles. The first-order valence-electron chi connectivity index (χ1n) is 14.4. The van der Waals surface area contributed by atoms with Gasteiger partial charge in [0.2, 0.25) is 5.95 Å². The highest BCUT2D eigenvalue weighted by molar-refractivity contribution is 5.49. The fraction of sp³-hybridized carbons (Fsp3) is 0.677. The van der Waals surface area contributed by atoms with Gasteiger partial charge in [-0.25, -0.2) is 9.97 Å². The van der Waals surface area contributed by atoms with Crippen LogP contribution in [0.25, 0.3) is 0 Å². The lowest BCUT2D eigenvalue weighted by molar-refractivity contribution is -0.0576. The first-order valence-corrected chi connectivity index (χ1v) is 14.4. The number of piperidine rings is 1. The molecule has 1 saturated heterocycles. The van der Waals surface area contributed by atoms with Crippen LogP contribution >= 0.6 is 0 Å². The summed E-state index contributed by atoms with van der Waals surface area (Å²) in [5.41, 5.74) is 5.16. The van der Waals surface area contributed by atoms with E-state index in [9.17, 15) is 5.11 Å². The van der Waals surface area contributed by atoms with E-state index in [1.54, 1.807) is 0 Å². The van der Waals surface area contributed by atoms with Crippen LogP contribution < -0.4 is 4.90 Å². The van der Waals surface area contributed by atoms with Gasteiger partial charge in [-0.3, -0.25) is 4.90 Å². The second kappa shape index (κ2) is 9.85. The summed E-state index contributed by atoms with van der Waals surface area (Å²) in [5.74, 6) is 1.76. The maximum atomic E-state index is 10.7. The number of hydrogen-bond donors (Lipinski definition) is 1. The molecule has 1 saturated carbocycles. The van der Waals surface area contributed by atoms with Gasteiger partial charge in [-0.05, 0) is 107 Å². The summed E-state index contributed by atoms with van der Waals surface area (Å²) >= 11 is 0. The Balaban J connectivity index is 1.61. The van der Waals surface area contributed by atoms with Gasteiger partial charge in [0.25, 0.3) is 0 Å². The van der Waals surface area contributed by atoms with Gasteiger partial charge in [-0.1, -0.05) is 26.3 Å². The number of aromatic nitrogens is 2. The van der Waals surface area contributed by atoms with Crippen molar-refractivity contribution in [2.75, 3.05) is 45.7 Å². The molecule has 2 heterocycles. The molecule has 6 heteroatoms. The molecular weight excluding hydrogens is 458 g/mol. The second-order valence-electron chi connectivity index (χ2n) is 12.6. The Bertz CT molecular complexity index is 1110. The van der Waals surface area contributed by atoms with Crippen LogP contribution in [0.4, 0.5) is 5.95 Å². The molecule has 37 heavy (non-hydrogen) atoms. The van der Waals surface area contributed by atoms with Gasteiger partial charge >= 0.3 is 0 Å². The summed E-state index contributed by atoms with van der Waals surface area (Å²) in [6, 6.07) is 9.21. The van der Waals surface area contributed by atoms with E-state index in [4.69, 9.17) is 9.97 Å². The van der Waals surface area contributed by atoms with E-state index in [0.29, 0.717) is 23.8 Å². The third kappa shape index (κ3) is 4.24. The van der Waals surface area contributed by atoms with Crippen molar-refractivity contribution >= 4 is 5.95 Å². The predicted molar refractivity (Wildman–Crippen MR) is 151 cm³/mol. The minimum absolute atomic E-state index is 0.0472. The Morgan fingerprint density at radius 1 is 1.11 bits per heavy atom. The van der Waals surface area contributed by atoms with Crippen LogP contribution in [0.2, 0.25) is 0 Å². The number of likely N-dealkylation sites (tertiary alicyclic amines) is 1.